The fourth-order valence-electron chi connectivity index (χ4n) is 2.97. The Balaban J connectivity index is 1.48. The summed E-state index contributed by atoms with van der Waals surface area (Å²) in [6, 6.07) is 11.6. The van der Waals surface area contributed by atoms with E-state index in [-0.39, 0.29) is 49.5 Å². The molecule has 3 amide bonds. The second-order valence-corrected chi connectivity index (χ2v) is 8.60. The first-order valence-electron chi connectivity index (χ1n) is 9.46. The van der Waals surface area contributed by atoms with Crippen LogP contribution in [0.3, 0.4) is 0 Å². The lowest BCUT2D eigenvalue weighted by molar-refractivity contribution is -0.133. The molecular formula is C20H22N4O6S. The second-order valence-electron chi connectivity index (χ2n) is 6.73. The number of nitrogens with zero attached hydrogens (tertiary/aromatic N) is 2. The predicted molar refractivity (Wildman–Crippen MR) is 111 cm³/mol. The fourth-order valence-corrected chi connectivity index (χ4v) is 4.30. The summed E-state index contributed by atoms with van der Waals surface area (Å²) in [5, 5.41) is 2.15. The van der Waals surface area contributed by atoms with Crippen molar-refractivity contribution in [2.75, 3.05) is 32.7 Å². The van der Waals surface area contributed by atoms with Gasteiger partial charge in [-0.05, 0) is 23.8 Å². The summed E-state index contributed by atoms with van der Waals surface area (Å²) >= 11 is 0. The first kappa shape index (κ1) is 22.2. The van der Waals surface area contributed by atoms with Gasteiger partial charge in [-0.15, -0.1) is 0 Å². The summed E-state index contributed by atoms with van der Waals surface area (Å²) < 4.78 is 31.4. The topological polar surface area (TPSA) is 143 Å². The van der Waals surface area contributed by atoms with Gasteiger partial charge >= 0.3 is 0 Å². The van der Waals surface area contributed by atoms with Gasteiger partial charge in [0.25, 0.3) is 15.9 Å². The summed E-state index contributed by atoms with van der Waals surface area (Å²) in [7, 11) is -3.94. The van der Waals surface area contributed by atoms with Gasteiger partial charge in [-0.3, -0.25) is 14.4 Å². The lowest BCUT2D eigenvalue weighted by Crippen LogP contribution is -2.52. The van der Waals surface area contributed by atoms with Crippen LogP contribution in [0.25, 0.3) is 6.08 Å². The van der Waals surface area contributed by atoms with E-state index in [1.54, 1.807) is 6.08 Å². The van der Waals surface area contributed by atoms with E-state index in [9.17, 15) is 22.8 Å². The van der Waals surface area contributed by atoms with Gasteiger partial charge in [0.05, 0.1) is 6.54 Å². The molecule has 0 spiro atoms. The Bertz CT molecular complexity index is 1090. The van der Waals surface area contributed by atoms with Crippen LogP contribution >= 0.6 is 0 Å². The molecule has 1 saturated heterocycles. The Labute approximate surface area is 179 Å². The standard InChI is InChI=1S/C20H22N4O6S/c21-20(27)16-7-9-19(30-16)31(28,29)24-12-10-23(11-13-24)18(26)14-22-17(25)8-6-15-4-2-1-3-5-15/h1-9H,10-14H2,(H2,21,27)(H,22,25)/b8-6+. The van der Waals surface area contributed by atoms with Crippen LogP contribution in [0, 0.1) is 0 Å². The molecule has 0 bridgehead atoms. The highest BCUT2D eigenvalue weighted by Crippen LogP contribution is 2.20. The van der Waals surface area contributed by atoms with Crippen LogP contribution in [0.4, 0.5) is 0 Å². The van der Waals surface area contributed by atoms with Crippen molar-refractivity contribution in [3.63, 3.8) is 0 Å². The lowest BCUT2D eigenvalue weighted by atomic mass is 10.2. The quantitative estimate of drug-likeness (QED) is 0.575. The molecule has 11 heteroatoms. The van der Waals surface area contributed by atoms with Crippen LogP contribution in [0.15, 0.2) is 58.1 Å². The number of sulfonamides is 1. The Kier molecular flexibility index (Phi) is 6.88. The molecule has 0 aliphatic carbocycles. The molecule has 164 valence electrons. The van der Waals surface area contributed by atoms with Crippen LogP contribution < -0.4 is 11.1 Å². The molecule has 1 fully saturated rings. The first-order valence-corrected chi connectivity index (χ1v) is 10.9. The maximum atomic E-state index is 12.6. The predicted octanol–water partition coefficient (Wildman–Crippen LogP) is 0.0410. The van der Waals surface area contributed by atoms with Crippen LogP contribution in [0.5, 0.6) is 0 Å². The molecule has 2 aromatic rings. The van der Waals surface area contributed by atoms with E-state index in [1.165, 1.54) is 27.4 Å². The highest BCUT2D eigenvalue weighted by Gasteiger charge is 2.32. The number of carbonyl (C=O) groups excluding carboxylic acids is 3. The van der Waals surface area contributed by atoms with E-state index in [0.717, 1.165) is 5.56 Å². The second kappa shape index (κ2) is 9.58. The van der Waals surface area contributed by atoms with Crippen molar-refractivity contribution in [2.45, 2.75) is 5.09 Å². The summed E-state index contributed by atoms with van der Waals surface area (Å²) in [5.41, 5.74) is 5.94. The number of piperazine rings is 1. The third-order valence-corrected chi connectivity index (χ3v) is 6.42. The van der Waals surface area contributed by atoms with Gasteiger partial charge < -0.3 is 20.4 Å². The van der Waals surface area contributed by atoms with Gasteiger partial charge in [-0.1, -0.05) is 30.3 Å². The highest BCUT2D eigenvalue weighted by atomic mass is 32.2. The van der Waals surface area contributed by atoms with Crippen LogP contribution in [0.2, 0.25) is 0 Å². The Hall–Kier alpha value is -3.44. The van der Waals surface area contributed by atoms with Crippen molar-refractivity contribution in [1.82, 2.24) is 14.5 Å². The van der Waals surface area contributed by atoms with Crippen molar-refractivity contribution < 1.29 is 27.2 Å². The monoisotopic (exact) mass is 446 g/mol. The average molecular weight is 446 g/mol. The number of carbonyl (C=O) groups is 3. The minimum atomic E-state index is -3.94. The van der Waals surface area contributed by atoms with Gasteiger partial charge in [0.15, 0.2) is 5.76 Å². The van der Waals surface area contributed by atoms with E-state index < -0.39 is 21.8 Å². The zero-order chi connectivity index (χ0) is 22.4. The van der Waals surface area contributed by atoms with Gasteiger partial charge in [0.1, 0.15) is 0 Å². The smallest absolute Gasteiger partial charge is 0.284 e. The third kappa shape index (κ3) is 5.58. The number of primary amides is 1. The van der Waals surface area contributed by atoms with Crippen molar-refractivity contribution in [3.8, 4) is 0 Å². The summed E-state index contributed by atoms with van der Waals surface area (Å²) in [6.07, 6.45) is 2.98. The maximum Gasteiger partial charge on any atom is 0.284 e. The van der Waals surface area contributed by atoms with Crippen molar-refractivity contribution in [3.05, 3.63) is 59.9 Å². The largest absolute Gasteiger partial charge is 0.438 e. The number of nitrogens with two attached hydrogens (primary N) is 1. The molecule has 1 aromatic heterocycles. The molecule has 3 N–H and O–H groups in total. The number of hydrogen-bond acceptors (Lipinski definition) is 6. The zero-order valence-electron chi connectivity index (χ0n) is 16.6. The number of benzene rings is 1. The normalized spacial score (nSPS) is 15.2. The molecule has 0 unspecified atom stereocenters. The maximum absolute atomic E-state index is 12.6. The number of nitrogens with one attached hydrogen (secondary N) is 1. The molecule has 0 radical (unpaired) electrons. The Morgan fingerprint density at radius 2 is 1.71 bits per heavy atom. The molecule has 0 saturated carbocycles. The molecule has 10 nitrogen and oxygen atoms in total. The molecule has 1 aliphatic rings. The van der Waals surface area contributed by atoms with Gasteiger partial charge in [-0.2, -0.15) is 4.31 Å². The molecule has 0 atom stereocenters. The Morgan fingerprint density at radius 1 is 1.03 bits per heavy atom. The summed E-state index contributed by atoms with van der Waals surface area (Å²) in [6.45, 7) is 0.254. The highest BCUT2D eigenvalue weighted by molar-refractivity contribution is 7.89. The average Bonchev–Trinajstić information content (AvgIpc) is 3.28. The molecule has 1 aliphatic heterocycles. The van der Waals surface area contributed by atoms with Gasteiger partial charge in [-0.25, -0.2) is 8.42 Å². The van der Waals surface area contributed by atoms with Crippen LogP contribution in [-0.4, -0.2) is 68.1 Å². The van der Waals surface area contributed by atoms with E-state index in [1.807, 2.05) is 30.3 Å². The van der Waals surface area contributed by atoms with Crippen molar-refractivity contribution in [2.24, 2.45) is 5.73 Å². The summed E-state index contributed by atoms with van der Waals surface area (Å²) in [5.74, 6) is -1.82. The van der Waals surface area contributed by atoms with E-state index in [2.05, 4.69) is 5.32 Å². The van der Waals surface area contributed by atoms with Gasteiger partial charge in [0, 0.05) is 32.3 Å². The molecule has 3 rings (SSSR count). The van der Waals surface area contributed by atoms with Crippen molar-refractivity contribution >= 4 is 33.8 Å². The molecular weight excluding hydrogens is 424 g/mol. The minimum absolute atomic E-state index is 0.0581. The molecule has 31 heavy (non-hydrogen) atoms. The SMILES string of the molecule is NC(=O)c1ccc(S(=O)(=O)N2CCN(C(=O)CNC(=O)/C=C/c3ccccc3)CC2)o1. The first-order chi connectivity index (χ1) is 14.8. The fraction of sp³-hybridized carbons (Fsp3) is 0.250. The number of hydrogen-bond donors (Lipinski definition) is 2. The molecule has 2 heterocycles. The summed E-state index contributed by atoms with van der Waals surface area (Å²) in [4.78, 5) is 36.8. The minimum Gasteiger partial charge on any atom is -0.438 e. The Morgan fingerprint density at radius 3 is 2.32 bits per heavy atom. The lowest BCUT2D eigenvalue weighted by Gasteiger charge is -2.33. The third-order valence-electron chi connectivity index (χ3n) is 4.65. The van der Waals surface area contributed by atoms with Crippen molar-refractivity contribution in [1.29, 1.82) is 0 Å². The number of rotatable bonds is 7. The van der Waals surface area contributed by atoms with E-state index in [0.29, 0.717) is 0 Å². The van der Waals surface area contributed by atoms with Gasteiger partial charge in [0.2, 0.25) is 16.9 Å². The zero-order valence-corrected chi connectivity index (χ0v) is 17.4. The molecule has 1 aromatic carbocycles. The number of amides is 3. The number of furan rings is 1. The van der Waals surface area contributed by atoms with Crippen LogP contribution in [0.1, 0.15) is 16.1 Å². The van der Waals surface area contributed by atoms with Crippen LogP contribution in [-0.2, 0) is 19.6 Å². The van der Waals surface area contributed by atoms with E-state index >= 15 is 0 Å². The van der Waals surface area contributed by atoms with E-state index in [4.69, 9.17) is 10.2 Å².